The highest BCUT2D eigenvalue weighted by atomic mass is 19.4. The lowest BCUT2D eigenvalue weighted by Gasteiger charge is -2.21. The van der Waals surface area contributed by atoms with Crippen molar-refractivity contribution in [3.05, 3.63) is 33.4 Å². The molecule has 0 bridgehead atoms. The normalized spacial score (nSPS) is 12.1. The molecule has 4 nitrogen and oxygen atoms in total. The van der Waals surface area contributed by atoms with E-state index in [1.807, 2.05) is 0 Å². The Kier molecular flexibility index (Phi) is 6.32. The summed E-state index contributed by atoms with van der Waals surface area (Å²) in [5.41, 5.74) is 3.03. The molecule has 1 aromatic rings. The van der Waals surface area contributed by atoms with E-state index in [0.29, 0.717) is 33.4 Å². The second kappa shape index (κ2) is 7.55. The smallest absolute Gasteiger partial charge is 0.344 e. The average Bonchev–Trinajstić information content (AvgIpc) is 2.50. The van der Waals surface area contributed by atoms with Gasteiger partial charge in [0.2, 0.25) is 0 Å². The second-order valence-corrected chi connectivity index (χ2v) is 5.82. The molecule has 0 saturated carbocycles. The van der Waals surface area contributed by atoms with Crippen LogP contribution in [0.2, 0.25) is 0 Å². The number of hydrogen-bond acceptors (Lipinski definition) is 2. The summed E-state index contributed by atoms with van der Waals surface area (Å²) in [7, 11) is 0. The highest BCUT2D eigenvalue weighted by Crippen LogP contribution is 2.27. The first kappa shape index (κ1) is 21.8. The van der Waals surface area contributed by atoms with Gasteiger partial charge in [0.15, 0.2) is 0 Å². The molecule has 0 unspecified atom stereocenters. The van der Waals surface area contributed by atoms with Crippen molar-refractivity contribution >= 4 is 11.8 Å². The first-order valence-corrected chi connectivity index (χ1v) is 7.46. The molecule has 1 aromatic carbocycles. The number of carbonyl (C=O) groups excluding carboxylic acids is 2. The predicted octanol–water partition coefficient (Wildman–Crippen LogP) is 3.28. The van der Waals surface area contributed by atoms with Gasteiger partial charge in [-0.15, -0.1) is 0 Å². The van der Waals surface area contributed by atoms with E-state index in [2.05, 4.69) is 0 Å². The quantitative estimate of drug-likeness (QED) is 0.783. The molecule has 2 amide bonds. The van der Waals surface area contributed by atoms with Crippen LogP contribution in [0.25, 0.3) is 0 Å². The molecule has 0 aliphatic rings. The number of rotatable bonds is 4. The van der Waals surface area contributed by atoms with Gasteiger partial charge in [-0.1, -0.05) is 0 Å². The number of benzene rings is 1. The average molecular weight is 384 g/mol. The minimum Gasteiger partial charge on any atom is -0.344 e. The molecule has 0 spiro atoms. The van der Waals surface area contributed by atoms with E-state index in [1.165, 1.54) is 0 Å². The Morgan fingerprint density at radius 2 is 0.885 bits per heavy atom. The molecule has 146 valence electrons. The van der Waals surface area contributed by atoms with E-state index in [-0.39, 0.29) is 13.1 Å². The van der Waals surface area contributed by atoms with E-state index >= 15 is 0 Å². The highest BCUT2D eigenvalue weighted by Gasteiger charge is 2.39. The van der Waals surface area contributed by atoms with Crippen molar-refractivity contribution in [3.8, 4) is 0 Å². The lowest BCUT2D eigenvalue weighted by molar-refractivity contribution is -0.173. The van der Waals surface area contributed by atoms with Crippen LogP contribution >= 0.6 is 0 Å². The van der Waals surface area contributed by atoms with Gasteiger partial charge in [-0.05, 0) is 61.1 Å². The summed E-state index contributed by atoms with van der Waals surface area (Å²) in [4.78, 5) is 22.0. The van der Waals surface area contributed by atoms with E-state index < -0.39 is 24.2 Å². The van der Waals surface area contributed by atoms with E-state index in [9.17, 15) is 35.9 Å². The van der Waals surface area contributed by atoms with Crippen molar-refractivity contribution in [2.45, 2.75) is 53.1 Å². The van der Waals surface area contributed by atoms with Crippen LogP contribution in [0.3, 0.4) is 0 Å². The Bertz CT molecular complexity index is 633. The number of nitrogens with one attached hydrogen (secondary N) is 2. The summed E-state index contributed by atoms with van der Waals surface area (Å²) < 4.78 is 73.8. The number of halogens is 6. The van der Waals surface area contributed by atoms with Gasteiger partial charge in [-0.25, -0.2) is 0 Å². The molecule has 0 aliphatic heterocycles. The van der Waals surface area contributed by atoms with Gasteiger partial charge in [-0.2, -0.15) is 26.3 Å². The summed E-state index contributed by atoms with van der Waals surface area (Å²) in [6.07, 6.45) is -10.0. The molecule has 2 N–H and O–H groups in total. The van der Waals surface area contributed by atoms with Crippen LogP contribution in [0.15, 0.2) is 0 Å². The van der Waals surface area contributed by atoms with Gasteiger partial charge in [0.25, 0.3) is 0 Å². The summed E-state index contributed by atoms with van der Waals surface area (Å²) in [5, 5.41) is 3.56. The summed E-state index contributed by atoms with van der Waals surface area (Å²) >= 11 is 0. The molecule has 0 aromatic heterocycles. The van der Waals surface area contributed by atoms with Crippen molar-refractivity contribution in [2.75, 3.05) is 0 Å². The molecule has 0 heterocycles. The topological polar surface area (TPSA) is 58.2 Å². The summed E-state index contributed by atoms with van der Waals surface area (Å²) in [6.45, 7) is 5.62. The maximum absolute atomic E-state index is 12.3. The summed E-state index contributed by atoms with van der Waals surface area (Å²) in [5.74, 6) is -4.15. The first-order chi connectivity index (χ1) is 11.7. The van der Waals surface area contributed by atoms with Gasteiger partial charge >= 0.3 is 24.2 Å². The largest absolute Gasteiger partial charge is 0.471 e. The molecule has 0 aliphatic carbocycles. The fourth-order valence-corrected chi connectivity index (χ4v) is 2.54. The molecular weight excluding hydrogens is 366 g/mol. The van der Waals surface area contributed by atoms with Crippen molar-refractivity contribution < 1.29 is 35.9 Å². The van der Waals surface area contributed by atoms with Crippen LogP contribution < -0.4 is 10.6 Å². The number of carbonyl (C=O) groups is 2. The Labute approximate surface area is 145 Å². The van der Waals surface area contributed by atoms with Gasteiger partial charge in [0.05, 0.1) is 0 Å². The fraction of sp³-hybridized carbons (Fsp3) is 0.500. The van der Waals surface area contributed by atoms with Gasteiger partial charge in [0, 0.05) is 13.1 Å². The maximum Gasteiger partial charge on any atom is 0.471 e. The fourth-order valence-electron chi connectivity index (χ4n) is 2.54. The Morgan fingerprint density at radius 1 is 0.654 bits per heavy atom. The molecule has 0 saturated heterocycles. The zero-order chi connectivity index (χ0) is 20.4. The highest BCUT2D eigenvalue weighted by molar-refractivity contribution is 5.82. The molecular formula is C16H18F6N2O2. The molecule has 0 radical (unpaired) electrons. The van der Waals surface area contributed by atoms with E-state index in [4.69, 9.17) is 0 Å². The van der Waals surface area contributed by atoms with Gasteiger partial charge in [-0.3, -0.25) is 9.59 Å². The molecule has 0 fully saturated rings. The van der Waals surface area contributed by atoms with Crippen molar-refractivity contribution in [3.63, 3.8) is 0 Å². The van der Waals surface area contributed by atoms with Gasteiger partial charge < -0.3 is 10.6 Å². The Hall–Kier alpha value is -2.26. The van der Waals surface area contributed by atoms with Crippen LogP contribution in [0.5, 0.6) is 0 Å². The van der Waals surface area contributed by atoms with Crippen molar-refractivity contribution in [1.29, 1.82) is 0 Å². The number of amides is 2. The van der Waals surface area contributed by atoms with Crippen LogP contribution in [0, 0.1) is 27.7 Å². The molecule has 1 rings (SSSR count). The third-order valence-electron chi connectivity index (χ3n) is 4.30. The van der Waals surface area contributed by atoms with Crippen molar-refractivity contribution in [2.24, 2.45) is 0 Å². The second-order valence-electron chi connectivity index (χ2n) is 5.82. The third kappa shape index (κ3) is 4.89. The Balaban J connectivity index is 3.10. The number of hydrogen-bond donors (Lipinski definition) is 2. The first-order valence-electron chi connectivity index (χ1n) is 7.46. The molecule has 26 heavy (non-hydrogen) atoms. The van der Waals surface area contributed by atoms with Crippen LogP contribution in [-0.2, 0) is 22.7 Å². The van der Waals surface area contributed by atoms with Crippen LogP contribution in [0.1, 0.15) is 33.4 Å². The zero-order valence-corrected chi connectivity index (χ0v) is 14.5. The lowest BCUT2D eigenvalue weighted by Crippen LogP contribution is -2.37. The predicted molar refractivity (Wildman–Crippen MR) is 81.2 cm³/mol. The zero-order valence-electron chi connectivity index (χ0n) is 14.5. The van der Waals surface area contributed by atoms with E-state index in [1.54, 1.807) is 38.3 Å². The molecule has 0 atom stereocenters. The minimum atomic E-state index is -5.01. The van der Waals surface area contributed by atoms with E-state index in [0.717, 1.165) is 0 Å². The summed E-state index contributed by atoms with van der Waals surface area (Å²) in [6, 6.07) is 0. The lowest BCUT2D eigenvalue weighted by atomic mass is 9.88. The SMILES string of the molecule is Cc1c(C)c(CNC(=O)C(F)(F)F)c(C)c(C)c1CNC(=O)C(F)(F)F. The monoisotopic (exact) mass is 384 g/mol. The third-order valence-corrected chi connectivity index (χ3v) is 4.30. The van der Waals surface area contributed by atoms with Gasteiger partial charge in [0.1, 0.15) is 0 Å². The van der Waals surface area contributed by atoms with Crippen molar-refractivity contribution in [1.82, 2.24) is 10.6 Å². The maximum atomic E-state index is 12.3. The number of alkyl halides is 6. The standard InChI is InChI=1S/C16H18F6N2O2/c1-7-8(2)12(6-24-14(26)16(20,21)22)10(4)9(3)11(7)5-23-13(25)15(17,18)19/h5-6H2,1-4H3,(H,23,25)(H,24,26). The van der Waals surface area contributed by atoms with Crippen LogP contribution in [0.4, 0.5) is 26.3 Å². The Morgan fingerprint density at radius 3 is 1.08 bits per heavy atom. The molecule has 10 heteroatoms. The van der Waals surface area contributed by atoms with Crippen LogP contribution in [-0.4, -0.2) is 24.2 Å². The minimum absolute atomic E-state index is 0.368.